The molecule has 0 saturated carbocycles. The molecular weight excluding hydrogens is 294 g/mol. The Balaban J connectivity index is 2.27. The maximum atomic E-state index is 11.4. The van der Waals surface area contributed by atoms with Crippen LogP contribution in [0.4, 0.5) is 0 Å². The maximum Gasteiger partial charge on any atom is 0.358 e. The van der Waals surface area contributed by atoms with Crippen LogP contribution in [0.25, 0.3) is 0 Å². The third-order valence-corrected chi connectivity index (χ3v) is 3.25. The van der Waals surface area contributed by atoms with Crippen molar-refractivity contribution in [3.05, 3.63) is 64.7 Å². The number of carbonyl (C=O) groups is 1. The lowest BCUT2D eigenvalue weighted by Crippen LogP contribution is -2.17. The van der Waals surface area contributed by atoms with Crippen LogP contribution in [0.5, 0.6) is 5.75 Å². The molecule has 2 aromatic rings. The first-order valence-electron chi connectivity index (χ1n) is 7.15. The fourth-order valence-corrected chi connectivity index (χ4v) is 2.35. The first-order valence-corrected chi connectivity index (χ1v) is 7.15. The van der Waals surface area contributed by atoms with Crippen molar-refractivity contribution < 1.29 is 19.5 Å². The van der Waals surface area contributed by atoms with E-state index in [9.17, 15) is 9.90 Å². The van der Waals surface area contributed by atoms with Gasteiger partial charge in [-0.2, -0.15) is 0 Å². The van der Waals surface area contributed by atoms with Crippen molar-refractivity contribution >= 4 is 11.7 Å². The lowest BCUT2D eigenvalue weighted by atomic mass is 10.0. The topological polar surface area (TPSA) is 68.1 Å². The van der Waals surface area contributed by atoms with E-state index in [0.29, 0.717) is 5.56 Å². The highest BCUT2D eigenvalue weighted by atomic mass is 16.6. The molecule has 0 aliphatic carbocycles. The Morgan fingerprint density at radius 3 is 2.39 bits per heavy atom. The first-order chi connectivity index (χ1) is 11.0. The minimum atomic E-state index is -1.15. The molecule has 0 radical (unpaired) electrons. The number of nitrogens with zero attached hydrogens (tertiary/aromatic N) is 1. The summed E-state index contributed by atoms with van der Waals surface area (Å²) in [4.78, 5) is 16.0. The molecule has 0 fully saturated rings. The van der Waals surface area contributed by atoms with E-state index in [0.717, 1.165) is 22.4 Å². The van der Waals surface area contributed by atoms with Crippen molar-refractivity contribution in [1.82, 2.24) is 0 Å². The van der Waals surface area contributed by atoms with Crippen molar-refractivity contribution in [1.29, 1.82) is 0 Å². The smallest absolute Gasteiger partial charge is 0.358 e. The summed E-state index contributed by atoms with van der Waals surface area (Å²) in [5.74, 6) is -0.399. The fraction of sp³-hybridized carbons (Fsp3) is 0.222. The Bertz CT molecular complexity index is 717. The van der Waals surface area contributed by atoms with Gasteiger partial charge in [0.15, 0.2) is 5.71 Å². The molecule has 0 amide bonds. The van der Waals surface area contributed by atoms with Crippen molar-refractivity contribution in [3.63, 3.8) is 0 Å². The highest BCUT2D eigenvalue weighted by Crippen LogP contribution is 2.19. The Morgan fingerprint density at radius 1 is 1.13 bits per heavy atom. The van der Waals surface area contributed by atoms with Gasteiger partial charge in [-0.15, -0.1) is 0 Å². The summed E-state index contributed by atoms with van der Waals surface area (Å²) in [5.41, 5.74) is 3.28. The van der Waals surface area contributed by atoms with Gasteiger partial charge in [-0.3, -0.25) is 0 Å². The quantitative estimate of drug-likeness (QED) is 0.656. The molecule has 0 saturated heterocycles. The van der Waals surface area contributed by atoms with Gasteiger partial charge < -0.3 is 14.7 Å². The van der Waals surface area contributed by atoms with Gasteiger partial charge in [0.05, 0.1) is 0 Å². The zero-order valence-corrected chi connectivity index (χ0v) is 13.4. The molecule has 0 aliphatic heterocycles. The average Bonchev–Trinajstić information content (AvgIpc) is 2.50. The summed E-state index contributed by atoms with van der Waals surface area (Å²) in [6.07, 6.45) is 0. The molecule has 2 rings (SSSR count). The third kappa shape index (κ3) is 4.32. The number of aryl methyl sites for hydroxylation is 2. The van der Waals surface area contributed by atoms with Gasteiger partial charge >= 0.3 is 5.97 Å². The molecule has 120 valence electrons. The van der Waals surface area contributed by atoms with E-state index in [-0.39, 0.29) is 12.3 Å². The van der Waals surface area contributed by atoms with Crippen LogP contribution in [-0.2, 0) is 16.2 Å². The number of oxime groups is 1. The second kappa shape index (κ2) is 7.45. The number of ether oxygens (including phenoxy) is 1. The molecule has 2 aromatic carbocycles. The van der Waals surface area contributed by atoms with Gasteiger partial charge in [-0.05, 0) is 42.7 Å². The van der Waals surface area contributed by atoms with Gasteiger partial charge in [0, 0.05) is 5.56 Å². The zero-order valence-electron chi connectivity index (χ0n) is 13.4. The van der Waals surface area contributed by atoms with Crippen LogP contribution >= 0.6 is 0 Å². The number of hydrogen-bond acceptors (Lipinski definition) is 4. The zero-order chi connectivity index (χ0) is 16.8. The van der Waals surface area contributed by atoms with Crippen molar-refractivity contribution in [2.24, 2.45) is 5.16 Å². The van der Waals surface area contributed by atoms with Gasteiger partial charge in [-0.1, -0.05) is 35.5 Å². The molecule has 0 bridgehead atoms. The third-order valence-electron chi connectivity index (χ3n) is 3.25. The number of aliphatic carboxylic acids is 1. The highest BCUT2D eigenvalue weighted by Gasteiger charge is 2.17. The van der Waals surface area contributed by atoms with E-state index >= 15 is 0 Å². The average molecular weight is 313 g/mol. The lowest BCUT2D eigenvalue weighted by molar-refractivity contribution is -0.129. The number of rotatable bonds is 6. The molecule has 1 N–H and O–H groups in total. The molecule has 0 aromatic heterocycles. The van der Waals surface area contributed by atoms with Crippen molar-refractivity contribution in [2.45, 2.75) is 20.5 Å². The van der Waals surface area contributed by atoms with Crippen LogP contribution in [0, 0.1) is 13.8 Å². The second-order valence-electron chi connectivity index (χ2n) is 5.20. The molecule has 0 heterocycles. The summed E-state index contributed by atoms with van der Waals surface area (Å²) >= 11 is 0. The maximum absolute atomic E-state index is 11.4. The molecule has 0 aliphatic rings. The van der Waals surface area contributed by atoms with Crippen molar-refractivity contribution in [3.8, 4) is 5.75 Å². The van der Waals surface area contributed by atoms with Gasteiger partial charge in [0.2, 0.25) is 0 Å². The Morgan fingerprint density at radius 2 is 1.78 bits per heavy atom. The predicted octanol–water partition coefficient (Wildman–Crippen LogP) is 3.32. The molecule has 0 atom stereocenters. The molecule has 0 unspecified atom stereocenters. The number of carboxylic acids is 1. The standard InChI is InChI=1S/C18H19NO4/c1-12-8-13(2)10-15(9-12)23-11-14-6-4-5-7-16(14)17(18(20)21)19-22-3/h4-10H,11H2,1-3H3,(H,20,21)/b19-17+. The SMILES string of the molecule is CO/N=C(/C(=O)O)c1ccccc1COc1cc(C)cc(C)c1. The molecule has 5 heteroatoms. The van der Waals surface area contributed by atoms with Crippen molar-refractivity contribution in [2.75, 3.05) is 7.11 Å². The summed E-state index contributed by atoms with van der Waals surface area (Å²) in [7, 11) is 1.32. The van der Waals surface area contributed by atoms with Crippen LogP contribution in [-0.4, -0.2) is 23.9 Å². The summed E-state index contributed by atoms with van der Waals surface area (Å²) < 4.78 is 5.81. The number of benzene rings is 2. The second-order valence-corrected chi connectivity index (χ2v) is 5.20. The molecule has 0 spiro atoms. The molecular formula is C18H19NO4. The minimum Gasteiger partial charge on any atom is -0.489 e. The molecule has 5 nitrogen and oxygen atoms in total. The lowest BCUT2D eigenvalue weighted by Gasteiger charge is -2.12. The van der Waals surface area contributed by atoms with Crippen LogP contribution < -0.4 is 4.74 Å². The Labute approximate surface area is 135 Å². The minimum absolute atomic E-state index is 0.146. The van der Waals surface area contributed by atoms with E-state index in [1.165, 1.54) is 7.11 Å². The summed E-state index contributed by atoms with van der Waals surface area (Å²) in [6.45, 7) is 4.25. The summed E-state index contributed by atoms with van der Waals surface area (Å²) in [5, 5.41) is 12.9. The number of carboxylic acid groups (broad SMARTS) is 1. The Kier molecular flexibility index (Phi) is 5.36. The summed E-state index contributed by atoms with van der Waals surface area (Å²) in [6, 6.07) is 13.0. The highest BCUT2D eigenvalue weighted by molar-refractivity contribution is 6.42. The first kappa shape index (κ1) is 16.5. The number of hydrogen-bond donors (Lipinski definition) is 1. The van der Waals surface area contributed by atoms with Gasteiger partial charge in [-0.25, -0.2) is 4.79 Å². The van der Waals surface area contributed by atoms with Gasteiger partial charge in [0.25, 0.3) is 0 Å². The van der Waals surface area contributed by atoms with Gasteiger partial charge in [0.1, 0.15) is 19.5 Å². The normalized spacial score (nSPS) is 11.2. The van der Waals surface area contributed by atoms with E-state index in [4.69, 9.17) is 4.74 Å². The largest absolute Gasteiger partial charge is 0.489 e. The molecule has 23 heavy (non-hydrogen) atoms. The predicted molar refractivity (Wildman–Crippen MR) is 87.9 cm³/mol. The van der Waals surface area contributed by atoms with E-state index in [2.05, 4.69) is 16.1 Å². The van der Waals surface area contributed by atoms with E-state index in [1.54, 1.807) is 12.1 Å². The van der Waals surface area contributed by atoms with Crippen LogP contribution in [0.2, 0.25) is 0 Å². The Hall–Kier alpha value is -2.82. The van der Waals surface area contributed by atoms with Crippen LogP contribution in [0.15, 0.2) is 47.6 Å². The fourth-order valence-electron chi connectivity index (χ4n) is 2.35. The van der Waals surface area contributed by atoms with Crippen LogP contribution in [0.3, 0.4) is 0 Å². The van der Waals surface area contributed by atoms with Crippen LogP contribution in [0.1, 0.15) is 22.3 Å². The monoisotopic (exact) mass is 313 g/mol. The van der Waals surface area contributed by atoms with E-state index in [1.807, 2.05) is 38.1 Å². The van der Waals surface area contributed by atoms with E-state index < -0.39 is 5.97 Å².